The third-order valence-electron chi connectivity index (χ3n) is 5.79. The molecule has 5 nitrogen and oxygen atoms in total. The largest absolute Gasteiger partial charge is 0.354 e. The van der Waals surface area contributed by atoms with Crippen molar-refractivity contribution in [3.63, 3.8) is 0 Å². The van der Waals surface area contributed by atoms with E-state index in [4.69, 9.17) is 0 Å². The van der Waals surface area contributed by atoms with E-state index in [0.717, 1.165) is 19.0 Å². The summed E-state index contributed by atoms with van der Waals surface area (Å²) < 4.78 is 0. The Bertz CT molecular complexity index is 578. The van der Waals surface area contributed by atoms with Gasteiger partial charge in [0.25, 0.3) is 0 Å². The second-order valence-electron chi connectivity index (χ2n) is 7.53. The molecule has 3 rings (SSSR count). The minimum absolute atomic E-state index is 0. The van der Waals surface area contributed by atoms with Crippen LogP contribution < -0.4 is 10.6 Å². The number of nitrogens with one attached hydrogen (secondary N) is 2. The molecule has 27 heavy (non-hydrogen) atoms. The summed E-state index contributed by atoms with van der Waals surface area (Å²) in [6.07, 6.45) is 5.20. The third kappa shape index (κ3) is 6.91. The van der Waals surface area contributed by atoms with Crippen LogP contribution in [0.25, 0.3) is 0 Å². The Labute approximate surface area is 182 Å². The first-order valence-corrected chi connectivity index (χ1v) is 10.3. The number of halogens is 1. The number of nitrogens with zero attached hydrogens (tertiary/aromatic N) is 3. The van der Waals surface area contributed by atoms with Crippen molar-refractivity contribution in [2.45, 2.75) is 51.7 Å². The summed E-state index contributed by atoms with van der Waals surface area (Å²) in [6, 6.07) is 9.41. The topological polar surface area (TPSA) is 42.9 Å². The van der Waals surface area contributed by atoms with Gasteiger partial charge in [0.05, 0.1) is 0 Å². The number of piperazine rings is 1. The lowest BCUT2D eigenvalue weighted by Crippen LogP contribution is -2.45. The zero-order valence-electron chi connectivity index (χ0n) is 16.9. The molecule has 0 spiro atoms. The van der Waals surface area contributed by atoms with E-state index in [1.165, 1.54) is 69.5 Å². The predicted molar refractivity (Wildman–Crippen MR) is 125 cm³/mol. The summed E-state index contributed by atoms with van der Waals surface area (Å²) in [5, 5.41) is 7.09. The molecule has 6 heteroatoms. The zero-order chi connectivity index (χ0) is 18.2. The van der Waals surface area contributed by atoms with Gasteiger partial charge in [-0.2, -0.15) is 0 Å². The Hall–Kier alpha value is -0.860. The van der Waals surface area contributed by atoms with Gasteiger partial charge in [-0.1, -0.05) is 44.0 Å². The Morgan fingerprint density at radius 2 is 1.67 bits per heavy atom. The van der Waals surface area contributed by atoms with Gasteiger partial charge in [0, 0.05) is 52.4 Å². The normalized spacial score (nSPS) is 19.7. The van der Waals surface area contributed by atoms with E-state index >= 15 is 0 Å². The van der Waals surface area contributed by atoms with Crippen molar-refractivity contribution in [1.29, 1.82) is 0 Å². The lowest BCUT2D eigenvalue weighted by Gasteiger charge is -2.34. The lowest BCUT2D eigenvalue weighted by atomic mass is 10.1. The van der Waals surface area contributed by atoms with Crippen LogP contribution in [0.4, 0.5) is 0 Å². The number of aliphatic imine (C=N–C) groups is 1. The summed E-state index contributed by atoms with van der Waals surface area (Å²) in [5.41, 5.74) is 2.81. The number of likely N-dealkylation sites (N-methyl/N-ethyl adjacent to an activating group) is 1. The molecule has 0 atom stereocenters. The highest BCUT2D eigenvalue weighted by atomic mass is 127. The molecule has 1 aromatic rings. The van der Waals surface area contributed by atoms with Crippen LogP contribution >= 0.6 is 24.0 Å². The molecule has 2 N–H and O–H groups in total. The molecule has 1 heterocycles. The second-order valence-corrected chi connectivity index (χ2v) is 7.53. The van der Waals surface area contributed by atoms with Gasteiger partial charge in [0.2, 0.25) is 0 Å². The number of benzene rings is 1. The minimum atomic E-state index is 0. The molecule has 0 bridgehead atoms. The molecule has 0 aromatic heterocycles. The van der Waals surface area contributed by atoms with Crippen LogP contribution in [0.5, 0.6) is 0 Å². The SMILES string of the molecule is CCN1CCN(Cc2ccccc2CNC(=NC)NC2CCCC2)CC1.I. The van der Waals surface area contributed by atoms with E-state index in [0.29, 0.717) is 6.04 Å². The van der Waals surface area contributed by atoms with Gasteiger partial charge >= 0.3 is 0 Å². The molecule has 1 saturated carbocycles. The van der Waals surface area contributed by atoms with E-state index in [9.17, 15) is 0 Å². The van der Waals surface area contributed by atoms with E-state index < -0.39 is 0 Å². The number of hydrogen-bond acceptors (Lipinski definition) is 3. The van der Waals surface area contributed by atoms with Crippen LogP contribution in [0.1, 0.15) is 43.7 Å². The maximum atomic E-state index is 4.41. The smallest absolute Gasteiger partial charge is 0.191 e. The lowest BCUT2D eigenvalue weighted by molar-refractivity contribution is 0.131. The van der Waals surface area contributed by atoms with Crippen molar-refractivity contribution in [1.82, 2.24) is 20.4 Å². The van der Waals surface area contributed by atoms with Gasteiger partial charge in [-0.25, -0.2) is 0 Å². The fraction of sp³-hybridized carbons (Fsp3) is 0.667. The molecule has 1 aliphatic heterocycles. The molecule has 1 aliphatic carbocycles. The van der Waals surface area contributed by atoms with Gasteiger partial charge in [-0.15, -0.1) is 24.0 Å². The fourth-order valence-electron chi connectivity index (χ4n) is 4.03. The van der Waals surface area contributed by atoms with Crippen molar-refractivity contribution in [3.05, 3.63) is 35.4 Å². The molecule has 152 valence electrons. The quantitative estimate of drug-likeness (QED) is 0.370. The number of rotatable bonds is 6. The molecule has 0 radical (unpaired) electrons. The van der Waals surface area contributed by atoms with Crippen LogP contribution in [0.2, 0.25) is 0 Å². The molecular formula is C21H36IN5. The van der Waals surface area contributed by atoms with Crippen molar-refractivity contribution >= 4 is 29.9 Å². The molecule has 2 aliphatic rings. The molecule has 0 unspecified atom stereocenters. The maximum absolute atomic E-state index is 4.41. The molecule has 1 saturated heterocycles. The van der Waals surface area contributed by atoms with Gasteiger partial charge in [-0.3, -0.25) is 9.89 Å². The van der Waals surface area contributed by atoms with Crippen LogP contribution in [0, 0.1) is 0 Å². The molecule has 2 fully saturated rings. The predicted octanol–water partition coefficient (Wildman–Crippen LogP) is 3.05. The summed E-state index contributed by atoms with van der Waals surface area (Å²) in [4.78, 5) is 9.52. The third-order valence-corrected chi connectivity index (χ3v) is 5.79. The number of hydrogen-bond donors (Lipinski definition) is 2. The highest BCUT2D eigenvalue weighted by Gasteiger charge is 2.18. The Kier molecular flexibility index (Phi) is 9.86. The van der Waals surface area contributed by atoms with Crippen LogP contribution in [-0.4, -0.2) is 61.6 Å². The number of guanidine groups is 1. The Morgan fingerprint density at radius 1 is 1.04 bits per heavy atom. The first-order valence-electron chi connectivity index (χ1n) is 10.3. The van der Waals surface area contributed by atoms with Gasteiger partial charge in [0.1, 0.15) is 0 Å². The first-order chi connectivity index (χ1) is 12.8. The van der Waals surface area contributed by atoms with E-state index in [1.54, 1.807) is 0 Å². The van der Waals surface area contributed by atoms with Gasteiger partial charge in [0.15, 0.2) is 5.96 Å². The minimum Gasteiger partial charge on any atom is -0.354 e. The molecule has 0 amide bonds. The van der Waals surface area contributed by atoms with Crippen LogP contribution in [0.15, 0.2) is 29.3 Å². The molecule has 1 aromatic carbocycles. The summed E-state index contributed by atoms with van der Waals surface area (Å²) >= 11 is 0. The van der Waals surface area contributed by atoms with E-state index in [-0.39, 0.29) is 24.0 Å². The monoisotopic (exact) mass is 485 g/mol. The highest BCUT2D eigenvalue weighted by molar-refractivity contribution is 14.0. The average Bonchev–Trinajstić information content (AvgIpc) is 3.20. The second kappa shape index (κ2) is 11.9. The van der Waals surface area contributed by atoms with Crippen molar-refractivity contribution in [2.24, 2.45) is 4.99 Å². The van der Waals surface area contributed by atoms with Crippen molar-refractivity contribution < 1.29 is 0 Å². The van der Waals surface area contributed by atoms with E-state index in [2.05, 4.69) is 56.6 Å². The van der Waals surface area contributed by atoms with Crippen molar-refractivity contribution in [3.8, 4) is 0 Å². The Morgan fingerprint density at radius 3 is 2.30 bits per heavy atom. The maximum Gasteiger partial charge on any atom is 0.191 e. The fourth-order valence-corrected chi connectivity index (χ4v) is 4.03. The van der Waals surface area contributed by atoms with Gasteiger partial charge in [-0.05, 0) is 30.5 Å². The highest BCUT2D eigenvalue weighted by Crippen LogP contribution is 2.17. The first kappa shape index (κ1) is 22.4. The van der Waals surface area contributed by atoms with Gasteiger partial charge < -0.3 is 15.5 Å². The summed E-state index contributed by atoms with van der Waals surface area (Å²) in [5.74, 6) is 0.934. The van der Waals surface area contributed by atoms with Crippen LogP contribution in [0.3, 0.4) is 0 Å². The Balaban J connectivity index is 0.00000261. The summed E-state index contributed by atoms with van der Waals surface area (Å²) in [7, 11) is 1.86. The zero-order valence-corrected chi connectivity index (χ0v) is 19.2. The summed E-state index contributed by atoms with van der Waals surface area (Å²) in [6.45, 7) is 10.0. The van der Waals surface area contributed by atoms with Crippen molar-refractivity contribution in [2.75, 3.05) is 39.8 Å². The van der Waals surface area contributed by atoms with E-state index in [1.807, 2.05) is 7.05 Å². The van der Waals surface area contributed by atoms with Crippen LogP contribution in [-0.2, 0) is 13.1 Å². The molecular weight excluding hydrogens is 449 g/mol. The standard InChI is InChI=1S/C21H35N5.HI/c1-3-25-12-14-26(15-13-25)17-19-9-5-4-8-18(19)16-23-21(22-2)24-20-10-6-7-11-20;/h4-5,8-9,20H,3,6-7,10-17H2,1-2H3,(H2,22,23,24);1H. The average molecular weight is 485 g/mol.